The molecule has 28 heavy (non-hydrogen) atoms. The number of fused-ring (bicyclic) bond motifs is 2. The van der Waals surface area contributed by atoms with Gasteiger partial charge in [0, 0.05) is 25.1 Å². The topological polar surface area (TPSA) is 59.5 Å². The van der Waals surface area contributed by atoms with Crippen LogP contribution in [0.15, 0.2) is 41.3 Å². The Morgan fingerprint density at radius 1 is 1.32 bits per heavy atom. The van der Waals surface area contributed by atoms with Crippen molar-refractivity contribution in [2.45, 2.75) is 51.6 Å². The number of imidazole rings is 1. The van der Waals surface area contributed by atoms with Gasteiger partial charge in [-0.05, 0) is 91.3 Å². The maximum atomic E-state index is 5.75. The van der Waals surface area contributed by atoms with Crippen LogP contribution in [0.25, 0.3) is 5.65 Å². The molecule has 0 radical (unpaired) electrons. The van der Waals surface area contributed by atoms with Gasteiger partial charge in [-0.15, -0.1) is 0 Å². The quantitative estimate of drug-likeness (QED) is 0.551. The van der Waals surface area contributed by atoms with Crippen molar-refractivity contribution in [3.8, 4) is 0 Å². The molecule has 5 nitrogen and oxygen atoms in total. The van der Waals surface area contributed by atoms with E-state index in [0.717, 1.165) is 61.1 Å². The van der Waals surface area contributed by atoms with Gasteiger partial charge in [0.2, 0.25) is 0 Å². The molecular formula is C22H28BrN5. The van der Waals surface area contributed by atoms with Gasteiger partial charge in [-0.3, -0.25) is 9.88 Å². The van der Waals surface area contributed by atoms with Gasteiger partial charge in [0.25, 0.3) is 0 Å². The monoisotopic (exact) mass is 441 g/mol. The molecule has 6 heteroatoms. The molecular weight excluding hydrogens is 414 g/mol. The average Bonchev–Trinajstić information content (AvgIpc) is 3.10. The normalized spacial score (nSPS) is 16.6. The Bertz CT molecular complexity index is 951. The van der Waals surface area contributed by atoms with E-state index in [4.69, 9.17) is 15.7 Å². The predicted molar refractivity (Wildman–Crippen MR) is 116 cm³/mol. The van der Waals surface area contributed by atoms with Crippen molar-refractivity contribution in [3.63, 3.8) is 0 Å². The molecule has 3 aromatic heterocycles. The number of hydrogen-bond donors (Lipinski definition) is 1. The van der Waals surface area contributed by atoms with E-state index >= 15 is 0 Å². The number of pyridine rings is 2. The van der Waals surface area contributed by atoms with Crippen molar-refractivity contribution in [1.29, 1.82) is 0 Å². The molecule has 1 unspecified atom stereocenters. The zero-order valence-corrected chi connectivity index (χ0v) is 18.0. The van der Waals surface area contributed by atoms with E-state index in [1.165, 1.54) is 23.2 Å². The molecule has 0 aromatic carbocycles. The summed E-state index contributed by atoms with van der Waals surface area (Å²) in [5.74, 6) is 0. The smallest absolute Gasteiger partial charge is 0.151 e. The van der Waals surface area contributed by atoms with Gasteiger partial charge in [-0.1, -0.05) is 6.07 Å². The molecule has 3 aromatic rings. The van der Waals surface area contributed by atoms with Crippen molar-refractivity contribution in [2.75, 3.05) is 13.1 Å². The fraction of sp³-hybridized carbons (Fsp3) is 0.455. The first-order valence-corrected chi connectivity index (χ1v) is 11.0. The lowest BCUT2D eigenvalue weighted by Gasteiger charge is -2.34. The van der Waals surface area contributed by atoms with E-state index in [0.29, 0.717) is 6.04 Å². The van der Waals surface area contributed by atoms with Gasteiger partial charge in [-0.25, -0.2) is 4.98 Å². The summed E-state index contributed by atoms with van der Waals surface area (Å²) in [7, 11) is 0. The van der Waals surface area contributed by atoms with Crippen molar-refractivity contribution in [1.82, 2.24) is 19.3 Å². The molecule has 148 valence electrons. The molecule has 0 fully saturated rings. The fourth-order valence-electron chi connectivity index (χ4n) is 4.27. The van der Waals surface area contributed by atoms with Crippen LogP contribution < -0.4 is 5.73 Å². The molecule has 1 atom stereocenters. The molecule has 0 aliphatic heterocycles. The van der Waals surface area contributed by atoms with Gasteiger partial charge >= 0.3 is 0 Å². The van der Waals surface area contributed by atoms with Crippen molar-refractivity contribution in [3.05, 3.63) is 63.8 Å². The lowest BCUT2D eigenvalue weighted by atomic mass is 9.90. The third-order valence-electron chi connectivity index (χ3n) is 5.56. The van der Waals surface area contributed by atoms with Crippen molar-refractivity contribution < 1.29 is 0 Å². The summed E-state index contributed by atoms with van der Waals surface area (Å²) in [5, 5.41) is 0. The molecule has 0 saturated carbocycles. The number of nitrogens with two attached hydrogens (primary N) is 1. The number of nitrogens with zero attached hydrogens (tertiary/aromatic N) is 4. The molecule has 1 aliphatic carbocycles. The van der Waals surface area contributed by atoms with Crippen LogP contribution in [0.5, 0.6) is 0 Å². The summed E-state index contributed by atoms with van der Waals surface area (Å²) in [4.78, 5) is 12.2. The molecule has 1 aliphatic rings. The second-order valence-corrected chi connectivity index (χ2v) is 8.60. The first-order valence-electron chi connectivity index (χ1n) is 10.2. The van der Waals surface area contributed by atoms with Crippen LogP contribution in [-0.2, 0) is 13.0 Å². The molecule has 3 heterocycles. The minimum atomic E-state index is 0.359. The van der Waals surface area contributed by atoms with Gasteiger partial charge in [0.15, 0.2) is 5.65 Å². The number of hydrogen-bond acceptors (Lipinski definition) is 4. The van der Waals surface area contributed by atoms with E-state index in [1.807, 2.05) is 6.20 Å². The highest BCUT2D eigenvalue weighted by molar-refractivity contribution is 9.10. The second kappa shape index (κ2) is 8.72. The lowest BCUT2D eigenvalue weighted by Crippen LogP contribution is -2.33. The number of rotatable bonds is 7. The molecule has 0 spiro atoms. The summed E-state index contributed by atoms with van der Waals surface area (Å²) in [6.45, 7) is 4.70. The first-order chi connectivity index (χ1) is 13.7. The van der Waals surface area contributed by atoms with Crippen LogP contribution in [0.3, 0.4) is 0 Å². The van der Waals surface area contributed by atoms with Crippen LogP contribution in [0.2, 0.25) is 0 Å². The maximum Gasteiger partial charge on any atom is 0.151 e. The Kier molecular flexibility index (Phi) is 6.09. The third kappa shape index (κ3) is 4.14. The van der Waals surface area contributed by atoms with E-state index < -0.39 is 0 Å². The van der Waals surface area contributed by atoms with Crippen LogP contribution in [0, 0.1) is 6.92 Å². The van der Waals surface area contributed by atoms with Crippen molar-refractivity contribution >= 4 is 21.6 Å². The summed E-state index contributed by atoms with van der Waals surface area (Å²) in [6.07, 6.45) is 11.9. The minimum Gasteiger partial charge on any atom is -0.330 e. The Hall–Kier alpha value is -1.76. The number of aromatic nitrogens is 3. The van der Waals surface area contributed by atoms with Gasteiger partial charge < -0.3 is 10.1 Å². The lowest BCUT2D eigenvalue weighted by molar-refractivity contribution is 0.161. The number of halogens is 1. The van der Waals surface area contributed by atoms with Crippen LogP contribution in [0.4, 0.5) is 0 Å². The summed E-state index contributed by atoms with van der Waals surface area (Å²) in [6, 6.07) is 6.77. The highest BCUT2D eigenvalue weighted by atomic mass is 79.9. The Morgan fingerprint density at radius 3 is 3.07 bits per heavy atom. The van der Waals surface area contributed by atoms with Crippen molar-refractivity contribution in [2.24, 2.45) is 5.73 Å². The molecule has 0 amide bonds. The van der Waals surface area contributed by atoms with Gasteiger partial charge in [0.1, 0.15) is 0 Å². The van der Waals surface area contributed by atoms with Crippen LogP contribution >= 0.6 is 15.9 Å². The van der Waals surface area contributed by atoms with Gasteiger partial charge in [-0.2, -0.15) is 0 Å². The van der Waals surface area contributed by atoms with E-state index in [-0.39, 0.29) is 0 Å². The molecule has 2 N–H and O–H groups in total. The third-order valence-corrected chi connectivity index (χ3v) is 6.15. The van der Waals surface area contributed by atoms with E-state index in [9.17, 15) is 0 Å². The fourth-order valence-corrected chi connectivity index (χ4v) is 4.92. The SMILES string of the molecule is Cc1cc(Br)c2nc(CN(CCCCN)C3CCCc4cccnc43)cn2c1. The maximum absolute atomic E-state index is 5.75. The highest BCUT2D eigenvalue weighted by Crippen LogP contribution is 2.34. The highest BCUT2D eigenvalue weighted by Gasteiger charge is 2.27. The largest absolute Gasteiger partial charge is 0.330 e. The second-order valence-electron chi connectivity index (χ2n) is 7.75. The number of aryl methyl sites for hydroxylation is 2. The molecule has 0 saturated heterocycles. The summed E-state index contributed by atoms with van der Waals surface area (Å²) < 4.78 is 3.16. The summed E-state index contributed by atoms with van der Waals surface area (Å²) >= 11 is 3.66. The number of unbranched alkanes of at least 4 members (excludes halogenated alkanes) is 1. The Morgan fingerprint density at radius 2 is 2.21 bits per heavy atom. The molecule has 4 rings (SSSR count). The van der Waals surface area contributed by atoms with Crippen LogP contribution in [0.1, 0.15) is 54.2 Å². The predicted octanol–water partition coefficient (Wildman–Crippen LogP) is 4.42. The van der Waals surface area contributed by atoms with Crippen LogP contribution in [-0.4, -0.2) is 32.4 Å². The Labute approximate surface area is 175 Å². The average molecular weight is 442 g/mol. The zero-order valence-electron chi connectivity index (χ0n) is 16.4. The standard InChI is InChI=1S/C22H28BrN5/c1-16-12-19(23)22-26-18(15-28(22)13-16)14-27(11-3-2-9-24)20-8-4-6-17-7-5-10-25-21(17)20/h5,7,10,12-13,15,20H,2-4,6,8-9,11,14,24H2,1H3. The zero-order chi connectivity index (χ0) is 19.5. The molecule has 0 bridgehead atoms. The minimum absolute atomic E-state index is 0.359. The first kappa shape index (κ1) is 19.6. The van der Waals surface area contributed by atoms with Gasteiger partial charge in [0.05, 0.1) is 21.9 Å². The summed E-state index contributed by atoms with van der Waals surface area (Å²) in [5.41, 5.74) is 11.7. The van der Waals surface area contributed by atoms with E-state index in [1.54, 1.807) is 0 Å². The van der Waals surface area contributed by atoms with E-state index in [2.05, 4.69) is 62.7 Å². The Balaban J connectivity index is 1.63.